The van der Waals surface area contributed by atoms with Gasteiger partial charge in [-0.1, -0.05) is 0 Å². The molecule has 0 heterocycles. The Hall–Kier alpha value is -2.51. The van der Waals surface area contributed by atoms with E-state index in [9.17, 15) is 24.6 Å². The van der Waals surface area contributed by atoms with Gasteiger partial charge in [0.2, 0.25) is 0 Å². The minimum atomic E-state index is -1.21. The third-order valence-corrected chi connectivity index (χ3v) is 3.90. The van der Waals surface area contributed by atoms with E-state index in [4.69, 9.17) is 10.5 Å². The van der Waals surface area contributed by atoms with Crippen LogP contribution in [0.1, 0.15) is 43.5 Å². The zero-order valence-corrected chi connectivity index (χ0v) is 11.4. The number of amides is 1. The molecule has 7 heteroatoms. The summed E-state index contributed by atoms with van der Waals surface area (Å²) in [6, 6.07) is 1.40. The molecule has 114 valence electrons. The molecule has 2 unspecified atom stereocenters. The van der Waals surface area contributed by atoms with E-state index >= 15 is 0 Å². The van der Waals surface area contributed by atoms with E-state index in [1.54, 1.807) is 0 Å². The van der Waals surface area contributed by atoms with E-state index in [0.717, 1.165) is 6.08 Å². The molecule has 7 nitrogen and oxygen atoms in total. The molecule has 0 fully saturated rings. The quantitative estimate of drug-likeness (QED) is 0.714. The van der Waals surface area contributed by atoms with Crippen molar-refractivity contribution in [1.29, 1.82) is 0 Å². The summed E-state index contributed by atoms with van der Waals surface area (Å²) in [4.78, 5) is 34.8. The zero-order chi connectivity index (χ0) is 16.0. The van der Waals surface area contributed by atoms with Crippen LogP contribution in [0, 0.1) is 0 Å². The number of carbonyl (C=O) groups is 3. The van der Waals surface area contributed by atoms with Gasteiger partial charge in [-0.05, 0) is 34.9 Å². The van der Waals surface area contributed by atoms with Crippen LogP contribution in [0.4, 0.5) is 4.79 Å². The van der Waals surface area contributed by atoms with E-state index in [-0.39, 0.29) is 35.7 Å². The molecular weight excluding hydrogens is 290 g/mol. The molecule has 0 saturated carbocycles. The SMILES string of the molecule is NC(=O)OCc1cc2c(c3c1C(O)C(O)C3)C(=O)C=CC2=O. The van der Waals surface area contributed by atoms with Gasteiger partial charge in [-0.2, -0.15) is 0 Å². The maximum Gasteiger partial charge on any atom is 0.404 e. The lowest BCUT2D eigenvalue weighted by atomic mass is 9.86. The second-order valence-electron chi connectivity index (χ2n) is 5.24. The highest BCUT2D eigenvalue weighted by molar-refractivity contribution is 6.23. The van der Waals surface area contributed by atoms with Gasteiger partial charge >= 0.3 is 6.09 Å². The van der Waals surface area contributed by atoms with Crippen LogP contribution in [-0.4, -0.2) is 34.0 Å². The summed E-state index contributed by atoms with van der Waals surface area (Å²) in [5.41, 5.74) is 6.40. The minimum absolute atomic E-state index is 0.0517. The topological polar surface area (TPSA) is 127 Å². The summed E-state index contributed by atoms with van der Waals surface area (Å²) in [6.07, 6.45) is -0.903. The van der Waals surface area contributed by atoms with E-state index in [1.165, 1.54) is 12.1 Å². The van der Waals surface area contributed by atoms with E-state index in [0.29, 0.717) is 16.7 Å². The first kappa shape index (κ1) is 14.4. The predicted octanol–water partition coefficient (Wildman–Crippen LogP) is 0.168. The molecule has 0 spiro atoms. The molecule has 0 bridgehead atoms. The molecule has 0 saturated heterocycles. The highest BCUT2D eigenvalue weighted by Crippen LogP contribution is 2.39. The summed E-state index contributed by atoms with van der Waals surface area (Å²) in [5, 5.41) is 20.0. The number of ketones is 2. The van der Waals surface area contributed by atoms with Gasteiger partial charge in [-0.25, -0.2) is 4.79 Å². The van der Waals surface area contributed by atoms with Crippen molar-refractivity contribution in [2.75, 3.05) is 0 Å². The fourth-order valence-electron chi connectivity index (χ4n) is 2.98. The third kappa shape index (κ3) is 2.11. The van der Waals surface area contributed by atoms with Gasteiger partial charge < -0.3 is 20.7 Å². The van der Waals surface area contributed by atoms with E-state index in [1.807, 2.05) is 0 Å². The van der Waals surface area contributed by atoms with Gasteiger partial charge in [0.25, 0.3) is 0 Å². The Labute approximate surface area is 125 Å². The van der Waals surface area contributed by atoms with Crippen LogP contribution in [0.5, 0.6) is 0 Å². The molecule has 2 aliphatic carbocycles. The third-order valence-electron chi connectivity index (χ3n) is 3.90. The number of ether oxygens (including phenoxy) is 1. The molecule has 2 atom stereocenters. The van der Waals surface area contributed by atoms with Crippen molar-refractivity contribution in [3.05, 3.63) is 46.0 Å². The maximum atomic E-state index is 12.1. The maximum absolute atomic E-state index is 12.1. The van der Waals surface area contributed by atoms with Crippen molar-refractivity contribution in [2.45, 2.75) is 25.2 Å². The molecule has 3 rings (SSSR count). The summed E-state index contributed by atoms with van der Waals surface area (Å²) in [7, 11) is 0. The highest BCUT2D eigenvalue weighted by atomic mass is 16.5. The van der Waals surface area contributed by atoms with Crippen molar-refractivity contribution < 1.29 is 29.3 Å². The van der Waals surface area contributed by atoms with E-state index < -0.39 is 18.3 Å². The number of carbonyl (C=O) groups excluding carboxylic acids is 3. The van der Waals surface area contributed by atoms with Crippen molar-refractivity contribution in [3.8, 4) is 0 Å². The zero-order valence-electron chi connectivity index (χ0n) is 11.4. The predicted molar refractivity (Wildman–Crippen MR) is 73.3 cm³/mol. The Kier molecular flexibility index (Phi) is 3.31. The van der Waals surface area contributed by atoms with Gasteiger partial charge in [0.1, 0.15) is 12.7 Å². The molecule has 4 N–H and O–H groups in total. The standard InChI is InChI=1S/C15H13NO6/c16-15(21)22-5-6-3-7-9(17)1-2-10(18)13(7)8-4-11(19)14(20)12(6)8/h1-3,11,14,19-20H,4-5H2,(H2,16,21). The average Bonchev–Trinajstić information content (AvgIpc) is 2.76. The van der Waals surface area contributed by atoms with Crippen molar-refractivity contribution >= 4 is 17.7 Å². The second-order valence-corrected chi connectivity index (χ2v) is 5.24. The average molecular weight is 303 g/mol. The molecule has 22 heavy (non-hydrogen) atoms. The molecule has 1 amide bonds. The number of fused-ring (bicyclic) bond motifs is 3. The molecule has 1 aromatic carbocycles. The summed E-state index contributed by atoms with van der Waals surface area (Å²) >= 11 is 0. The Morgan fingerprint density at radius 3 is 2.64 bits per heavy atom. The molecular formula is C15H13NO6. The smallest absolute Gasteiger partial charge is 0.404 e. The number of primary amides is 1. The first-order chi connectivity index (χ1) is 10.4. The van der Waals surface area contributed by atoms with Crippen LogP contribution >= 0.6 is 0 Å². The summed E-state index contributed by atoms with van der Waals surface area (Å²) < 4.78 is 4.72. The Balaban J connectivity index is 2.20. The largest absolute Gasteiger partial charge is 0.445 e. The Morgan fingerprint density at radius 1 is 1.27 bits per heavy atom. The van der Waals surface area contributed by atoms with Crippen molar-refractivity contribution in [3.63, 3.8) is 0 Å². The Bertz CT molecular complexity index is 736. The van der Waals surface area contributed by atoms with Crippen LogP contribution in [0.3, 0.4) is 0 Å². The molecule has 1 aromatic rings. The van der Waals surface area contributed by atoms with Crippen LogP contribution in [-0.2, 0) is 17.8 Å². The first-order valence-corrected chi connectivity index (χ1v) is 6.64. The molecule has 2 aliphatic rings. The summed E-state index contributed by atoms with van der Waals surface area (Å²) in [6.45, 7) is -0.250. The second kappa shape index (κ2) is 5.04. The van der Waals surface area contributed by atoms with Gasteiger partial charge in [0, 0.05) is 17.5 Å². The van der Waals surface area contributed by atoms with Crippen LogP contribution in [0.25, 0.3) is 0 Å². The van der Waals surface area contributed by atoms with Gasteiger partial charge in [-0.15, -0.1) is 0 Å². The van der Waals surface area contributed by atoms with Crippen LogP contribution < -0.4 is 5.73 Å². The number of rotatable bonds is 2. The molecule has 0 aromatic heterocycles. The first-order valence-electron chi connectivity index (χ1n) is 6.64. The number of aliphatic hydroxyl groups excluding tert-OH is 2. The van der Waals surface area contributed by atoms with Gasteiger partial charge in [-0.3, -0.25) is 9.59 Å². The van der Waals surface area contributed by atoms with Crippen molar-refractivity contribution in [2.24, 2.45) is 5.73 Å². The molecule has 0 aliphatic heterocycles. The summed E-state index contributed by atoms with van der Waals surface area (Å²) in [5.74, 6) is -0.705. The van der Waals surface area contributed by atoms with E-state index in [2.05, 4.69) is 0 Å². The number of allylic oxidation sites excluding steroid dienone is 2. The number of benzene rings is 1. The van der Waals surface area contributed by atoms with Crippen LogP contribution in [0.2, 0.25) is 0 Å². The number of nitrogens with two attached hydrogens (primary N) is 1. The van der Waals surface area contributed by atoms with Crippen LogP contribution in [0.15, 0.2) is 18.2 Å². The van der Waals surface area contributed by atoms with Crippen molar-refractivity contribution in [1.82, 2.24) is 0 Å². The fraction of sp³-hybridized carbons (Fsp3) is 0.267. The lowest BCUT2D eigenvalue weighted by Crippen LogP contribution is -2.18. The lowest BCUT2D eigenvalue weighted by Gasteiger charge is -2.18. The van der Waals surface area contributed by atoms with Gasteiger partial charge in [0.15, 0.2) is 11.6 Å². The number of hydrogen-bond donors (Lipinski definition) is 3. The normalized spacial score (nSPS) is 22.5. The number of aliphatic hydroxyl groups is 2. The van der Waals surface area contributed by atoms with Gasteiger partial charge in [0.05, 0.1) is 6.10 Å². The lowest BCUT2D eigenvalue weighted by molar-refractivity contribution is 0.0315. The monoisotopic (exact) mass is 303 g/mol. The minimum Gasteiger partial charge on any atom is -0.445 e. The highest BCUT2D eigenvalue weighted by Gasteiger charge is 2.37. The molecule has 0 radical (unpaired) electrons. The fourth-order valence-corrected chi connectivity index (χ4v) is 2.98. The Morgan fingerprint density at radius 2 is 1.95 bits per heavy atom. The number of hydrogen-bond acceptors (Lipinski definition) is 6.